The maximum absolute atomic E-state index is 2.42. The van der Waals surface area contributed by atoms with E-state index in [1.807, 2.05) is 0 Å². The Bertz CT molecular complexity index is 127. The molecule has 0 bridgehead atoms. The van der Waals surface area contributed by atoms with Gasteiger partial charge in [0, 0.05) is 0 Å². The van der Waals surface area contributed by atoms with Crippen LogP contribution in [0.15, 0.2) is 0 Å². The van der Waals surface area contributed by atoms with Crippen molar-refractivity contribution in [3.63, 3.8) is 0 Å². The van der Waals surface area contributed by atoms with Crippen molar-refractivity contribution in [2.24, 2.45) is 29.6 Å². The molecule has 0 aromatic carbocycles. The molecule has 2 unspecified atom stereocenters. The minimum absolute atomic E-state index is 0.835. The second-order valence-corrected chi connectivity index (χ2v) is 5.75. The maximum atomic E-state index is 2.42. The normalized spacial score (nSPS) is 16.7. The first kappa shape index (κ1) is 14.0. The quantitative estimate of drug-likeness (QED) is 0.564. The first-order chi connectivity index (χ1) is 6.40. The standard InChI is InChI=1S/C14H30/c1-8-12(6)13(7)9-14(10(2)3)11(4)5/h10-14H,8-9H2,1-7H3. The molecule has 86 valence electrons. The van der Waals surface area contributed by atoms with Crippen LogP contribution < -0.4 is 0 Å². The van der Waals surface area contributed by atoms with Crippen LogP contribution in [-0.4, -0.2) is 0 Å². The molecule has 0 aromatic rings. The van der Waals surface area contributed by atoms with Gasteiger partial charge in [-0.15, -0.1) is 0 Å². The summed E-state index contributed by atoms with van der Waals surface area (Å²) >= 11 is 0. The molecule has 0 aliphatic carbocycles. The van der Waals surface area contributed by atoms with Crippen molar-refractivity contribution in [3.8, 4) is 0 Å². The first-order valence-corrected chi connectivity index (χ1v) is 6.40. The average molecular weight is 198 g/mol. The van der Waals surface area contributed by atoms with Crippen LogP contribution in [0.1, 0.15) is 61.3 Å². The fourth-order valence-corrected chi connectivity index (χ4v) is 2.38. The van der Waals surface area contributed by atoms with Crippen molar-refractivity contribution in [1.82, 2.24) is 0 Å². The third kappa shape index (κ3) is 4.48. The van der Waals surface area contributed by atoms with E-state index in [4.69, 9.17) is 0 Å². The topological polar surface area (TPSA) is 0 Å². The molecule has 0 spiro atoms. The Hall–Kier alpha value is 0. The van der Waals surface area contributed by atoms with Crippen LogP contribution in [0, 0.1) is 29.6 Å². The van der Waals surface area contributed by atoms with Gasteiger partial charge >= 0.3 is 0 Å². The molecule has 0 aliphatic heterocycles. The lowest BCUT2D eigenvalue weighted by Gasteiger charge is -2.30. The molecule has 14 heavy (non-hydrogen) atoms. The van der Waals surface area contributed by atoms with Crippen LogP contribution in [0.25, 0.3) is 0 Å². The monoisotopic (exact) mass is 198 g/mol. The van der Waals surface area contributed by atoms with Gasteiger partial charge in [-0.1, -0.05) is 54.9 Å². The second-order valence-electron chi connectivity index (χ2n) is 5.75. The molecule has 0 saturated carbocycles. The summed E-state index contributed by atoms with van der Waals surface area (Å²) in [5.74, 6) is 4.34. The summed E-state index contributed by atoms with van der Waals surface area (Å²) in [6.07, 6.45) is 2.73. The fourth-order valence-electron chi connectivity index (χ4n) is 2.38. The minimum Gasteiger partial charge on any atom is -0.0651 e. The highest BCUT2D eigenvalue weighted by atomic mass is 14.3. The molecule has 0 nitrogen and oxygen atoms in total. The molecular weight excluding hydrogens is 168 g/mol. The lowest BCUT2D eigenvalue weighted by Crippen LogP contribution is -2.21. The summed E-state index contributed by atoms with van der Waals surface area (Å²) in [6, 6.07) is 0. The maximum Gasteiger partial charge on any atom is -0.0365 e. The lowest BCUT2D eigenvalue weighted by atomic mass is 9.76. The summed E-state index contributed by atoms with van der Waals surface area (Å²) in [5, 5.41) is 0. The van der Waals surface area contributed by atoms with Gasteiger partial charge in [0.05, 0.1) is 0 Å². The molecule has 2 atom stereocenters. The summed E-state index contributed by atoms with van der Waals surface area (Å²) in [4.78, 5) is 0. The molecule has 0 amide bonds. The summed E-state index contributed by atoms with van der Waals surface area (Å²) < 4.78 is 0. The Balaban J connectivity index is 4.16. The Kier molecular flexibility index (Phi) is 6.48. The van der Waals surface area contributed by atoms with Crippen LogP contribution in [0.2, 0.25) is 0 Å². The Morgan fingerprint density at radius 3 is 1.43 bits per heavy atom. The molecule has 0 radical (unpaired) electrons. The Labute approximate surface area is 91.5 Å². The van der Waals surface area contributed by atoms with Gasteiger partial charge in [0.15, 0.2) is 0 Å². The fraction of sp³-hybridized carbons (Fsp3) is 1.00. The van der Waals surface area contributed by atoms with Crippen LogP contribution in [0.4, 0.5) is 0 Å². The van der Waals surface area contributed by atoms with E-state index < -0.39 is 0 Å². The van der Waals surface area contributed by atoms with Crippen molar-refractivity contribution < 1.29 is 0 Å². The van der Waals surface area contributed by atoms with Crippen molar-refractivity contribution in [2.75, 3.05) is 0 Å². The van der Waals surface area contributed by atoms with Crippen molar-refractivity contribution in [3.05, 3.63) is 0 Å². The number of hydrogen-bond acceptors (Lipinski definition) is 0. The number of hydrogen-bond donors (Lipinski definition) is 0. The van der Waals surface area contributed by atoms with Gasteiger partial charge in [-0.3, -0.25) is 0 Å². The van der Waals surface area contributed by atoms with Crippen molar-refractivity contribution in [1.29, 1.82) is 0 Å². The smallest absolute Gasteiger partial charge is 0.0365 e. The van der Waals surface area contributed by atoms with E-state index in [0.717, 1.165) is 29.6 Å². The number of rotatable bonds is 6. The molecule has 0 fully saturated rings. The van der Waals surface area contributed by atoms with Gasteiger partial charge in [0.1, 0.15) is 0 Å². The van der Waals surface area contributed by atoms with Gasteiger partial charge in [-0.2, -0.15) is 0 Å². The zero-order valence-electron chi connectivity index (χ0n) is 11.3. The first-order valence-electron chi connectivity index (χ1n) is 6.40. The highest BCUT2D eigenvalue weighted by Gasteiger charge is 2.22. The molecule has 0 rings (SSSR count). The SMILES string of the molecule is CCC(C)C(C)CC(C(C)C)C(C)C. The summed E-state index contributed by atoms with van der Waals surface area (Å²) in [7, 11) is 0. The van der Waals surface area contributed by atoms with Gasteiger partial charge in [0.2, 0.25) is 0 Å². The summed E-state index contributed by atoms with van der Waals surface area (Å²) in [5.41, 5.74) is 0. The predicted molar refractivity (Wildman–Crippen MR) is 66.4 cm³/mol. The van der Waals surface area contributed by atoms with E-state index in [-0.39, 0.29) is 0 Å². The zero-order chi connectivity index (χ0) is 11.3. The predicted octanol–water partition coefficient (Wildman–Crippen LogP) is 4.99. The van der Waals surface area contributed by atoms with Gasteiger partial charge < -0.3 is 0 Å². The van der Waals surface area contributed by atoms with E-state index in [1.165, 1.54) is 12.8 Å². The van der Waals surface area contributed by atoms with Gasteiger partial charge in [0.25, 0.3) is 0 Å². The molecule has 0 N–H and O–H groups in total. The molecule has 0 aliphatic rings. The van der Waals surface area contributed by atoms with Gasteiger partial charge in [-0.25, -0.2) is 0 Å². The highest BCUT2D eigenvalue weighted by molar-refractivity contribution is 4.72. The third-order valence-electron chi connectivity index (χ3n) is 3.97. The molecule has 0 saturated heterocycles. The second kappa shape index (κ2) is 6.48. The van der Waals surface area contributed by atoms with E-state index in [9.17, 15) is 0 Å². The van der Waals surface area contributed by atoms with Crippen LogP contribution in [0.5, 0.6) is 0 Å². The van der Waals surface area contributed by atoms with Gasteiger partial charge in [-0.05, 0) is 36.0 Å². The Morgan fingerprint density at radius 1 is 0.714 bits per heavy atom. The molecule has 0 aromatic heterocycles. The van der Waals surface area contributed by atoms with Crippen LogP contribution >= 0.6 is 0 Å². The molecule has 0 heterocycles. The molecular formula is C14H30. The van der Waals surface area contributed by atoms with Crippen molar-refractivity contribution in [2.45, 2.75) is 61.3 Å². The van der Waals surface area contributed by atoms with E-state index in [0.29, 0.717) is 0 Å². The van der Waals surface area contributed by atoms with E-state index >= 15 is 0 Å². The van der Waals surface area contributed by atoms with E-state index in [2.05, 4.69) is 48.5 Å². The largest absolute Gasteiger partial charge is 0.0651 e. The zero-order valence-corrected chi connectivity index (χ0v) is 11.3. The van der Waals surface area contributed by atoms with Crippen LogP contribution in [0.3, 0.4) is 0 Å². The Morgan fingerprint density at radius 2 is 1.14 bits per heavy atom. The third-order valence-corrected chi connectivity index (χ3v) is 3.97. The summed E-state index contributed by atoms with van der Waals surface area (Å²) in [6.45, 7) is 16.6. The highest BCUT2D eigenvalue weighted by Crippen LogP contribution is 2.31. The minimum atomic E-state index is 0.835. The average Bonchev–Trinajstić information content (AvgIpc) is 2.11. The van der Waals surface area contributed by atoms with Crippen molar-refractivity contribution >= 4 is 0 Å². The molecule has 0 heteroatoms. The van der Waals surface area contributed by atoms with Crippen LogP contribution in [-0.2, 0) is 0 Å². The lowest BCUT2D eigenvalue weighted by molar-refractivity contribution is 0.202. The van der Waals surface area contributed by atoms with E-state index in [1.54, 1.807) is 0 Å².